The van der Waals surface area contributed by atoms with Gasteiger partial charge in [-0.2, -0.15) is 0 Å². The molecule has 0 radical (unpaired) electrons. The zero-order valence-electron chi connectivity index (χ0n) is 11.5. The van der Waals surface area contributed by atoms with Gasteiger partial charge in [0.2, 0.25) is 0 Å². The van der Waals surface area contributed by atoms with Crippen molar-refractivity contribution >= 4 is 33.4 Å². The van der Waals surface area contributed by atoms with E-state index in [1.165, 1.54) is 0 Å². The van der Waals surface area contributed by atoms with Gasteiger partial charge in [-0.1, -0.05) is 18.2 Å². The fourth-order valence-electron chi connectivity index (χ4n) is 1.84. The summed E-state index contributed by atoms with van der Waals surface area (Å²) in [5.74, 6) is -0.384. The molecule has 108 valence electrons. The Hall–Kier alpha value is -2.14. The number of rotatable bonds is 4. The van der Waals surface area contributed by atoms with Crippen molar-refractivity contribution < 1.29 is 9.59 Å². The third-order valence-corrected chi connectivity index (χ3v) is 3.53. The molecule has 0 atom stereocenters. The van der Waals surface area contributed by atoms with Gasteiger partial charge in [-0.15, -0.1) is 0 Å². The minimum atomic E-state index is -0.226. The molecule has 0 heterocycles. The molecule has 5 heteroatoms. The van der Waals surface area contributed by atoms with Crippen molar-refractivity contribution in [3.63, 3.8) is 0 Å². The monoisotopic (exact) mass is 346 g/mol. The molecule has 0 unspecified atom stereocenters. The Morgan fingerprint density at radius 3 is 2.52 bits per heavy atom. The molecule has 2 aromatic carbocycles. The standard InChI is InChI=1S/C16H15BrN2O2/c1-2-18-15(20)11-6-5-7-12(10-11)19-16(21)13-8-3-4-9-14(13)17/h3-10H,2H2,1H3,(H,18,20)(H,19,21). The lowest BCUT2D eigenvalue weighted by atomic mass is 10.1. The van der Waals surface area contributed by atoms with Gasteiger partial charge in [0.15, 0.2) is 0 Å². The van der Waals surface area contributed by atoms with Crippen molar-refractivity contribution in [3.8, 4) is 0 Å². The number of amides is 2. The normalized spacial score (nSPS) is 10.0. The summed E-state index contributed by atoms with van der Waals surface area (Å²) in [5, 5.41) is 5.51. The molecule has 2 aromatic rings. The quantitative estimate of drug-likeness (QED) is 0.890. The molecule has 0 bridgehead atoms. The molecule has 0 aliphatic heterocycles. The number of hydrogen-bond donors (Lipinski definition) is 2. The second-order valence-electron chi connectivity index (χ2n) is 4.37. The third kappa shape index (κ3) is 3.92. The van der Waals surface area contributed by atoms with Crippen molar-refractivity contribution in [3.05, 3.63) is 64.1 Å². The first-order valence-corrected chi connectivity index (χ1v) is 7.35. The van der Waals surface area contributed by atoms with Gasteiger partial charge in [-0.3, -0.25) is 9.59 Å². The largest absolute Gasteiger partial charge is 0.352 e. The fourth-order valence-corrected chi connectivity index (χ4v) is 2.31. The summed E-state index contributed by atoms with van der Waals surface area (Å²) in [4.78, 5) is 24.0. The first-order chi connectivity index (χ1) is 10.1. The number of benzene rings is 2. The minimum absolute atomic E-state index is 0.158. The van der Waals surface area contributed by atoms with Gasteiger partial charge in [0, 0.05) is 22.3 Å². The molecule has 0 aliphatic rings. The Balaban J connectivity index is 2.17. The molecule has 0 aliphatic carbocycles. The Morgan fingerprint density at radius 1 is 1.05 bits per heavy atom. The zero-order chi connectivity index (χ0) is 15.2. The lowest BCUT2D eigenvalue weighted by Crippen LogP contribution is -2.22. The first-order valence-electron chi connectivity index (χ1n) is 6.56. The first kappa shape index (κ1) is 15.3. The Bertz CT molecular complexity index is 671. The molecule has 0 saturated carbocycles. The number of hydrogen-bond acceptors (Lipinski definition) is 2. The van der Waals surface area contributed by atoms with Crippen LogP contribution in [0.15, 0.2) is 53.0 Å². The van der Waals surface area contributed by atoms with Crippen LogP contribution < -0.4 is 10.6 Å². The maximum Gasteiger partial charge on any atom is 0.256 e. The van der Waals surface area contributed by atoms with E-state index in [0.29, 0.717) is 23.4 Å². The highest BCUT2D eigenvalue weighted by Gasteiger charge is 2.10. The van der Waals surface area contributed by atoms with Gasteiger partial charge in [-0.05, 0) is 53.2 Å². The van der Waals surface area contributed by atoms with Crippen LogP contribution in [-0.4, -0.2) is 18.4 Å². The van der Waals surface area contributed by atoms with Crippen molar-refractivity contribution in [1.29, 1.82) is 0 Å². The van der Waals surface area contributed by atoms with Crippen LogP contribution in [0, 0.1) is 0 Å². The molecule has 2 rings (SSSR count). The highest BCUT2D eigenvalue weighted by molar-refractivity contribution is 9.10. The van der Waals surface area contributed by atoms with E-state index in [0.717, 1.165) is 4.47 Å². The SMILES string of the molecule is CCNC(=O)c1cccc(NC(=O)c2ccccc2Br)c1. The summed E-state index contributed by atoms with van der Waals surface area (Å²) in [7, 11) is 0. The number of carbonyl (C=O) groups excluding carboxylic acids is 2. The summed E-state index contributed by atoms with van der Waals surface area (Å²) < 4.78 is 0.724. The summed E-state index contributed by atoms with van der Waals surface area (Å²) in [6.45, 7) is 2.42. The van der Waals surface area contributed by atoms with E-state index in [2.05, 4.69) is 26.6 Å². The average Bonchev–Trinajstić information content (AvgIpc) is 2.48. The summed E-state index contributed by atoms with van der Waals surface area (Å²) in [5.41, 5.74) is 1.64. The van der Waals surface area contributed by atoms with Gasteiger partial charge in [0.05, 0.1) is 5.56 Å². The van der Waals surface area contributed by atoms with Gasteiger partial charge in [0.25, 0.3) is 11.8 Å². The van der Waals surface area contributed by atoms with Gasteiger partial charge >= 0.3 is 0 Å². The number of anilines is 1. The van der Waals surface area contributed by atoms with E-state index in [4.69, 9.17) is 0 Å². The lowest BCUT2D eigenvalue weighted by Gasteiger charge is -2.08. The van der Waals surface area contributed by atoms with Gasteiger partial charge < -0.3 is 10.6 Å². The molecule has 21 heavy (non-hydrogen) atoms. The predicted molar refractivity (Wildman–Crippen MR) is 86.5 cm³/mol. The molecular formula is C16H15BrN2O2. The summed E-state index contributed by atoms with van der Waals surface area (Å²) in [6, 6.07) is 14.0. The summed E-state index contributed by atoms with van der Waals surface area (Å²) in [6.07, 6.45) is 0. The molecule has 0 saturated heterocycles. The molecule has 0 spiro atoms. The second-order valence-corrected chi connectivity index (χ2v) is 5.23. The fraction of sp³-hybridized carbons (Fsp3) is 0.125. The van der Waals surface area contributed by atoms with E-state index in [-0.39, 0.29) is 11.8 Å². The minimum Gasteiger partial charge on any atom is -0.352 e. The molecule has 0 aromatic heterocycles. The van der Waals surface area contributed by atoms with Crippen LogP contribution in [0.25, 0.3) is 0 Å². The molecule has 4 nitrogen and oxygen atoms in total. The maximum atomic E-state index is 12.2. The van der Waals surface area contributed by atoms with Crippen LogP contribution in [0.3, 0.4) is 0 Å². The maximum absolute atomic E-state index is 12.2. The van der Waals surface area contributed by atoms with Crippen LogP contribution >= 0.6 is 15.9 Å². The molecule has 0 fully saturated rings. The molecule has 2 amide bonds. The zero-order valence-corrected chi connectivity index (χ0v) is 13.1. The van der Waals surface area contributed by atoms with Gasteiger partial charge in [0.1, 0.15) is 0 Å². The topological polar surface area (TPSA) is 58.2 Å². The van der Waals surface area contributed by atoms with Crippen molar-refractivity contribution in [2.75, 3.05) is 11.9 Å². The Labute approximate surface area is 131 Å². The van der Waals surface area contributed by atoms with Crippen LogP contribution in [0.2, 0.25) is 0 Å². The summed E-state index contributed by atoms with van der Waals surface area (Å²) >= 11 is 3.34. The Morgan fingerprint density at radius 2 is 1.81 bits per heavy atom. The van der Waals surface area contributed by atoms with Gasteiger partial charge in [-0.25, -0.2) is 0 Å². The van der Waals surface area contributed by atoms with Crippen molar-refractivity contribution in [2.45, 2.75) is 6.92 Å². The highest BCUT2D eigenvalue weighted by Crippen LogP contribution is 2.18. The van der Waals surface area contributed by atoms with E-state index < -0.39 is 0 Å². The molecular weight excluding hydrogens is 332 g/mol. The smallest absolute Gasteiger partial charge is 0.256 e. The number of carbonyl (C=O) groups is 2. The van der Waals surface area contributed by atoms with Crippen LogP contribution in [0.1, 0.15) is 27.6 Å². The second kappa shape index (κ2) is 7.04. The van der Waals surface area contributed by atoms with E-state index in [1.54, 1.807) is 42.5 Å². The van der Waals surface area contributed by atoms with Crippen molar-refractivity contribution in [2.24, 2.45) is 0 Å². The van der Waals surface area contributed by atoms with E-state index >= 15 is 0 Å². The van der Waals surface area contributed by atoms with Crippen LogP contribution in [-0.2, 0) is 0 Å². The van der Waals surface area contributed by atoms with E-state index in [1.807, 2.05) is 13.0 Å². The lowest BCUT2D eigenvalue weighted by molar-refractivity contribution is 0.0954. The third-order valence-electron chi connectivity index (χ3n) is 2.84. The predicted octanol–water partition coefficient (Wildman–Crippen LogP) is 3.45. The van der Waals surface area contributed by atoms with E-state index in [9.17, 15) is 9.59 Å². The average molecular weight is 347 g/mol. The number of nitrogens with one attached hydrogen (secondary N) is 2. The number of halogens is 1. The van der Waals surface area contributed by atoms with Crippen molar-refractivity contribution in [1.82, 2.24) is 5.32 Å². The van der Waals surface area contributed by atoms with Crippen LogP contribution in [0.5, 0.6) is 0 Å². The highest BCUT2D eigenvalue weighted by atomic mass is 79.9. The molecule has 2 N–H and O–H groups in total. The van der Waals surface area contributed by atoms with Crippen LogP contribution in [0.4, 0.5) is 5.69 Å². The Kier molecular flexibility index (Phi) is 5.11.